The molecule has 0 spiro atoms. The Labute approximate surface area is 110 Å². The summed E-state index contributed by atoms with van der Waals surface area (Å²) < 4.78 is 5.67. The Balaban J connectivity index is 1.64. The van der Waals surface area contributed by atoms with Crippen LogP contribution in [-0.4, -0.2) is 35.7 Å². The maximum atomic E-state index is 12.0. The third-order valence-electron chi connectivity index (χ3n) is 3.87. The summed E-state index contributed by atoms with van der Waals surface area (Å²) in [6.45, 7) is 0.759. The van der Waals surface area contributed by atoms with Gasteiger partial charge in [0.1, 0.15) is 5.69 Å². The fourth-order valence-electron chi connectivity index (χ4n) is 2.85. The molecule has 5 nitrogen and oxygen atoms in total. The second-order valence-electron chi connectivity index (χ2n) is 4.95. The summed E-state index contributed by atoms with van der Waals surface area (Å²) in [5.41, 5.74) is 6.53. The molecule has 2 heterocycles. The number of aromatic amines is 1. The highest BCUT2D eigenvalue weighted by Gasteiger charge is 2.51. The minimum absolute atomic E-state index is 0.00955. The molecule has 98 valence electrons. The maximum absolute atomic E-state index is 12.0. The first kappa shape index (κ1) is 12.0. The van der Waals surface area contributed by atoms with Gasteiger partial charge >= 0.3 is 0 Å². The minimum Gasteiger partial charge on any atom is -0.376 e. The quantitative estimate of drug-likeness (QED) is 0.746. The molecule has 1 aliphatic carbocycles. The van der Waals surface area contributed by atoms with Gasteiger partial charge in [-0.1, -0.05) is 11.6 Å². The highest BCUT2D eigenvalue weighted by molar-refractivity contribution is 6.30. The van der Waals surface area contributed by atoms with E-state index in [1.807, 2.05) is 0 Å². The van der Waals surface area contributed by atoms with Gasteiger partial charge < -0.3 is 20.8 Å². The van der Waals surface area contributed by atoms with Crippen molar-refractivity contribution in [3.8, 4) is 0 Å². The Kier molecular flexibility index (Phi) is 3.05. The van der Waals surface area contributed by atoms with Crippen molar-refractivity contribution in [2.24, 2.45) is 11.7 Å². The van der Waals surface area contributed by atoms with Gasteiger partial charge in [0.25, 0.3) is 5.91 Å². The lowest BCUT2D eigenvalue weighted by Crippen LogP contribution is -2.72. The van der Waals surface area contributed by atoms with Crippen LogP contribution in [-0.2, 0) is 4.74 Å². The van der Waals surface area contributed by atoms with E-state index in [2.05, 4.69) is 10.3 Å². The number of nitrogens with one attached hydrogen (secondary N) is 2. The number of amides is 1. The second kappa shape index (κ2) is 4.57. The van der Waals surface area contributed by atoms with Gasteiger partial charge in [0.05, 0.1) is 17.2 Å². The first-order valence-corrected chi connectivity index (χ1v) is 6.56. The highest BCUT2D eigenvalue weighted by Crippen LogP contribution is 2.37. The molecular formula is C12H16ClN3O2. The Morgan fingerprint density at radius 1 is 1.61 bits per heavy atom. The third-order valence-corrected chi connectivity index (χ3v) is 4.09. The maximum Gasteiger partial charge on any atom is 0.268 e. The SMILES string of the molecule is NC1C2CCCOC2C1NC(=O)c1cc(Cl)c[nH]1. The number of aromatic nitrogens is 1. The Bertz CT molecular complexity index is 462. The molecular weight excluding hydrogens is 254 g/mol. The van der Waals surface area contributed by atoms with E-state index in [4.69, 9.17) is 22.1 Å². The van der Waals surface area contributed by atoms with Crippen LogP contribution >= 0.6 is 11.6 Å². The summed E-state index contributed by atoms with van der Waals surface area (Å²) in [6.07, 6.45) is 3.80. The van der Waals surface area contributed by atoms with Gasteiger partial charge in [0, 0.05) is 24.8 Å². The second-order valence-corrected chi connectivity index (χ2v) is 5.39. The molecule has 1 aromatic heterocycles. The highest BCUT2D eigenvalue weighted by atomic mass is 35.5. The van der Waals surface area contributed by atoms with Crippen LogP contribution < -0.4 is 11.1 Å². The number of nitrogens with two attached hydrogens (primary N) is 1. The standard InChI is InChI=1S/C12H16ClN3O2/c13-6-4-8(15-5-6)12(17)16-10-9(14)7-2-1-3-18-11(7)10/h4-5,7,9-11,15H,1-3,14H2,(H,16,17). The van der Waals surface area contributed by atoms with Gasteiger partial charge in [0.15, 0.2) is 0 Å². The first-order valence-electron chi connectivity index (χ1n) is 6.19. The normalized spacial score (nSPS) is 34.6. The van der Waals surface area contributed by atoms with E-state index in [1.165, 1.54) is 0 Å². The van der Waals surface area contributed by atoms with Gasteiger partial charge in [-0.3, -0.25) is 4.79 Å². The molecule has 1 saturated heterocycles. The molecule has 2 fully saturated rings. The van der Waals surface area contributed by atoms with Crippen LogP contribution in [0.4, 0.5) is 0 Å². The van der Waals surface area contributed by atoms with E-state index >= 15 is 0 Å². The van der Waals surface area contributed by atoms with Crippen LogP contribution in [0.25, 0.3) is 0 Å². The molecule has 18 heavy (non-hydrogen) atoms. The van der Waals surface area contributed by atoms with E-state index < -0.39 is 0 Å². The Morgan fingerprint density at radius 3 is 3.17 bits per heavy atom. The zero-order chi connectivity index (χ0) is 12.7. The third kappa shape index (κ3) is 1.92. The smallest absolute Gasteiger partial charge is 0.268 e. The predicted molar refractivity (Wildman–Crippen MR) is 67.5 cm³/mol. The average Bonchev–Trinajstić information content (AvgIpc) is 2.82. The minimum atomic E-state index is -0.185. The Hall–Kier alpha value is -1.04. The number of H-pyrrole nitrogens is 1. The number of hydrogen-bond donors (Lipinski definition) is 3. The van der Waals surface area contributed by atoms with Gasteiger partial charge in [-0.15, -0.1) is 0 Å². The van der Waals surface area contributed by atoms with Crippen LogP contribution in [0.15, 0.2) is 12.3 Å². The van der Waals surface area contributed by atoms with Crippen molar-refractivity contribution in [3.63, 3.8) is 0 Å². The molecule has 0 bridgehead atoms. The van der Waals surface area contributed by atoms with Gasteiger partial charge in [-0.25, -0.2) is 0 Å². The fraction of sp³-hybridized carbons (Fsp3) is 0.583. The molecule has 0 radical (unpaired) electrons. The van der Waals surface area contributed by atoms with E-state index in [1.54, 1.807) is 12.3 Å². The molecule has 1 amide bonds. The molecule has 1 aromatic rings. The average molecular weight is 270 g/mol. The fourth-order valence-corrected chi connectivity index (χ4v) is 3.02. The van der Waals surface area contributed by atoms with E-state index in [0.29, 0.717) is 16.6 Å². The Morgan fingerprint density at radius 2 is 2.44 bits per heavy atom. The molecule has 0 aromatic carbocycles. The van der Waals surface area contributed by atoms with E-state index in [9.17, 15) is 4.79 Å². The van der Waals surface area contributed by atoms with Crippen LogP contribution in [0.3, 0.4) is 0 Å². The molecule has 4 N–H and O–H groups in total. The summed E-state index contributed by atoms with van der Waals surface area (Å²) >= 11 is 5.77. The van der Waals surface area contributed by atoms with Crippen molar-refractivity contribution in [3.05, 3.63) is 23.0 Å². The zero-order valence-corrected chi connectivity index (χ0v) is 10.6. The molecule has 6 heteroatoms. The molecule has 4 unspecified atom stereocenters. The molecule has 3 rings (SSSR count). The number of ether oxygens (including phenoxy) is 1. The topological polar surface area (TPSA) is 80.1 Å². The van der Waals surface area contributed by atoms with Crippen molar-refractivity contribution >= 4 is 17.5 Å². The van der Waals surface area contributed by atoms with Crippen LogP contribution in [0.5, 0.6) is 0 Å². The number of carbonyl (C=O) groups excluding carboxylic acids is 1. The zero-order valence-electron chi connectivity index (χ0n) is 9.86. The van der Waals surface area contributed by atoms with Crippen LogP contribution in [0.2, 0.25) is 5.02 Å². The lowest BCUT2D eigenvalue weighted by Gasteiger charge is -2.52. The summed E-state index contributed by atoms with van der Waals surface area (Å²) in [7, 11) is 0. The number of carbonyl (C=O) groups is 1. The molecule has 4 atom stereocenters. The summed E-state index contributed by atoms with van der Waals surface area (Å²) in [5, 5.41) is 3.43. The van der Waals surface area contributed by atoms with E-state index in [0.717, 1.165) is 19.4 Å². The lowest BCUT2D eigenvalue weighted by atomic mass is 9.68. The van der Waals surface area contributed by atoms with Crippen molar-refractivity contribution in [1.82, 2.24) is 10.3 Å². The molecule has 1 aliphatic heterocycles. The van der Waals surface area contributed by atoms with Gasteiger partial charge in [-0.2, -0.15) is 0 Å². The molecule has 2 aliphatic rings. The largest absolute Gasteiger partial charge is 0.376 e. The predicted octanol–water partition coefficient (Wildman–Crippen LogP) is 0.903. The summed E-state index contributed by atoms with van der Waals surface area (Å²) in [4.78, 5) is 14.8. The van der Waals surface area contributed by atoms with Crippen molar-refractivity contribution < 1.29 is 9.53 Å². The number of halogens is 1. The van der Waals surface area contributed by atoms with E-state index in [-0.39, 0.29) is 24.1 Å². The summed E-state index contributed by atoms with van der Waals surface area (Å²) in [5.74, 6) is 0.200. The number of fused-ring (bicyclic) bond motifs is 1. The van der Waals surface area contributed by atoms with Crippen molar-refractivity contribution in [1.29, 1.82) is 0 Å². The lowest BCUT2D eigenvalue weighted by molar-refractivity contribution is -0.117. The number of hydrogen-bond acceptors (Lipinski definition) is 3. The molecule has 1 saturated carbocycles. The number of rotatable bonds is 2. The van der Waals surface area contributed by atoms with Gasteiger partial charge in [-0.05, 0) is 18.9 Å². The van der Waals surface area contributed by atoms with Crippen molar-refractivity contribution in [2.75, 3.05) is 6.61 Å². The van der Waals surface area contributed by atoms with Gasteiger partial charge in [0.2, 0.25) is 0 Å². The summed E-state index contributed by atoms with van der Waals surface area (Å²) in [6, 6.07) is 1.50. The van der Waals surface area contributed by atoms with Crippen LogP contribution in [0.1, 0.15) is 23.3 Å². The monoisotopic (exact) mass is 269 g/mol. The van der Waals surface area contributed by atoms with Crippen LogP contribution in [0, 0.1) is 5.92 Å². The van der Waals surface area contributed by atoms with Crippen molar-refractivity contribution in [2.45, 2.75) is 31.0 Å². The first-order chi connectivity index (χ1) is 8.66.